The average molecular weight is 365 g/mol. The molecule has 1 unspecified atom stereocenters. The van der Waals surface area contributed by atoms with E-state index in [4.69, 9.17) is 11.6 Å². The van der Waals surface area contributed by atoms with Gasteiger partial charge in [0.05, 0.1) is 5.92 Å². The Balaban J connectivity index is 1.68. The van der Waals surface area contributed by atoms with E-state index in [1.807, 2.05) is 0 Å². The number of halogens is 1. The van der Waals surface area contributed by atoms with Crippen LogP contribution in [0.4, 0.5) is 0 Å². The van der Waals surface area contributed by atoms with Crippen molar-refractivity contribution in [2.45, 2.75) is 31.7 Å². The van der Waals surface area contributed by atoms with E-state index >= 15 is 0 Å². The first-order chi connectivity index (χ1) is 12.0. The fourth-order valence-electron chi connectivity index (χ4n) is 3.66. The van der Waals surface area contributed by atoms with Crippen molar-refractivity contribution in [1.29, 1.82) is 0 Å². The monoisotopic (exact) mass is 364 g/mol. The van der Waals surface area contributed by atoms with Crippen molar-refractivity contribution in [2.24, 2.45) is 5.92 Å². The SMILES string of the molecule is O=C(O)[C@H]1CCCN1C(=O)C1CCCN(C(=O)c2ccc(Cl)cc2)C1. The molecule has 2 heterocycles. The maximum absolute atomic E-state index is 12.8. The molecule has 0 saturated carbocycles. The normalized spacial score (nSPS) is 23.6. The van der Waals surface area contributed by atoms with Gasteiger partial charge in [0.2, 0.25) is 5.91 Å². The molecule has 0 aromatic heterocycles. The Labute approximate surface area is 151 Å². The Bertz CT molecular complexity index is 676. The van der Waals surface area contributed by atoms with Gasteiger partial charge < -0.3 is 14.9 Å². The van der Waals surface area contributed by atoms with E-state index in [9.17, 15) is 19.5 Å². The molecule has 1 aromatic rings. The highest BCUT2D eigenvalue weighted by atomic mass is 35.5. The lowest BCUT2D eigenvalue weighted by Crippen LogP contribution is -2.49. The molecule has 2 fully saturated rings. The minimum Gasteiger partial charge on any atom is -0.480 e. The fraction of sp³-hybridized carbons (Fsp3) is 0.500. The first kappa shape index (κ1) is 17.7. The highest BCUT2D eigenvalue weighted by Gasteiger charge is 2.39. The number of hydrogen-bond acceptors (Lipinski definition) is 3. The van der Waals surface area contributed by atoms with Crippen molar-refractivity contribution in [3.05, 3.63) is 34.9 Å². The third-order valence-corrected chi connectivity index (χ3v) is 5.22. The Morgan fingerprint density at radius 1 is 1.04 bits per heavy atom. The number of carboxylic acids is 1. The molecule has 2 amide bonds. The molecule has 0 spiro atoms. The summed E-state index contributed by atoms with van der Waals surface area (Å²) in [4.78, 5) is 39.9. The molecule has 0 aliphatic carbocycles. The maximum Gasteiger partial charge on any atom is 0.326 e. The summed E-state index contributed by atoms with van der Waals surface area (Å²) in [5.74, 6) is -1.54. The Morgan fingerprint density at radius 3 is 2.40 bits per heavy atom. The summed E-state index contributed by atoms with van der Waals surface area (Å²) in [7, 11) is 0. The second kappa shape index (κ2) is 7.44. The first-order valence-corrected chi connectivity index (χ1v) is 8.93. The smallest absolute Gasteiger partial charge is 0.326 e. The van der Waals surface area contributed by atoms with E-state index < -0.39 is 12.0 Å². The van der Waals surface area contributed by atoms with Gasteiger partial charge in [-0.25, -0.2) is 4.79 Å². The van der Waals surface area contributed by atoms with E-state index in [1.165, 1.54) is 4.90 Å². The molecule has 1 aromatic carbocycles. The van der Waals surface area contributed by atoms with Crippen molar-refractivity contribution >= 4 is 29.4 Å². The summed E-state index contributed by atoms with van der Waals surface area (Å²) in [5, 5.41) is 9.84. The number of piperidine rings is 1. The van der Waals surface area contributed by atoms with Gasteiger partial charge in [-0.2, -0.15) is 0 Å². The number of carbonyl (C=O) groups is 3. The highest BCUT2D eigenvalue weighted by Crippen LogP contribution is 2.25. The quantitative estimate of drug-likeness (QED) is 0.892. The molecule has 134 valence electrons. The van der Waals surface area contributed by atoms with Crippen LogP contribution in [0.3, 0.4) is 0 Å². The van der Waals surface area contributed by atoms with Crippen LogP contribution >= 0.6 is 11.6 Å². The van der Waals surface area contributed by atoms with E-state index in [2.05, 4.69) is 0 Å². The minimum absolute atomic E-state index is 0.120. The van der Waals surface area contributed by atoms with Gasteiger partial charge in [-0.05, 0) is 49.9 Å². The van der Waals surface area contributed by atoms with Crippen molar-refractivity contribution in [2.75, 3.05) is 19.6 Å². The van der Waals surface area contributed by atoms with E-state index in [0.717, 1.165) is 6.42 Å². The number of benzene rings is 1. The molecular formula is C18H21ClN2O4. The molecule has 0 radical (unpaired) electrons. The molecule has 3 rings (SSSR count). The zero-order valence-electron chi connectivity index (χ0n) is 13.9. The fourth-order valence-corrected chi connectivity index (χ4v) is 3.79. The Morgan fingerprint density at radius 2 is 1.72 bits per heavy atom. The predicted octanol–water partition coefficient (Wildman–Crippen LogP) is 2.27. The number of nitrogens with zero attached hydrogens (tertiary/aromatic N) is 2. The van der Waals surface area contributed by atoms with Gasteiger partial charge in [-0.3, -0.25) is 9.59 Å². The van der Waals surface area contributed by atoms with Gasteiger partial charge in [0, 0.05) is 30.2 Å². The van der Waals surface area contributed by atoms with Crippen molar-refractivity contribution in [3.8, 4) is 0 Å². The van der Waals surface area contributed by atoms with E-state index in [-0.39, 0.29) is 17.7 Å². The number of rotatable bonds is 3. The van der Waals surface area contributed by atoms with Crippen LogP contribution in [0.5, 0.6) is 0 Å². The summed E-state index contributed by atoms with van der Waals surface area (Å²) in [6.07, 6.45) is 2.64. The number of carbonyl (C=O) groups excluding carboxylic acids is 2. The number of aliphatic carboxylic acids is 1. The Hall–Kier alpha value is -2.08. The lowest BCUT2D eigenvalue weighted by molar-refractivity contribution is -0.150. The zero-order chi connectivity index (χ0) is 18.0. The molecule has 25 heavy (non-hydrogen) atoms. The molecule has 1 N–H and O–H groups in total. The molecule has 7 heteroatoms. The summed E-state index contributed by atoms with van der Waals surface area (Å²) in [6.45, 7) is 1.42. The third kappa shape index (κ3) is 3.79. The second-order valence-corrected chi connectivity index (χ2v) is 7.06. The largest absolute Gasteiger partial charge is 0.480 e. The van der Waals surface area contributed by atoms with Gasteiger partial charge in [0.1, 0.15) is 6.04 Å². The highest BCUT2D eigenvalue weighted by molar-refractivity contribution is 6.30. The molecule has 0 bridgehead atoms. The van der Waals surface area contributed by atoms with Crippen LogP contribution in [-0.2, 0) is 9.59 Å². The summed E-state index contributed by atoms with van der Waals surface area (Å²) >= 11 is 5.86. The number of carboxylic acid groups (broad SMARTS) is 1. The number of hydrogen-bond donors (Lipinski definition) is 1. The van der Waals surface area contributed by atoms with Crippen LogP contribution in [0.1, 0.15) is 36.0 Å². The first-order valence-electron chi connectivity index (χ1n) is 8.55. The minimum atomic E-state index is -0.948. The summed E-state index contributed by atoms with van der Waals surface area (Å²) in [5.41, 5.74) is 0.544. The molecule has 2 saturated heterocycles. The van der Waals surface area contributed by atoms with Crippen molar-refractivity contribution < 1.29 is 19.5 Å². The van der Waals surface area contributed by atoms with Crippen LogP contribution in [0.2, 0.25) is 5.02 Å². The molecule has 2 atom stereocenters. The van der Waals surface area contributed by atoms with Gasteiger partial charge in [-0.15, -0.1) is 0 Å². The number of amides is 2. The average Bonchev–Trinajstić information content (AvgIpc) is 3.11. The van der Waals surface area contributed by atoms with Crippen LogP contribution in [0.15, 0.2) is 24.3 Å². The lowest BCUT2D eigenvalue weighted by atomic mass is 9.95. The topological polar surface area (TPSA) is 77.9 Å². The van der Waals surface area contributed by atoms with Crippen molar-refractivity contribution in [3.63, 3.8) is 0 Å². The van der Waals surface area contributed by atoms with E-state index in [0.29, 0.717) is 49.5 Å². The lowest BCUT2D eigenvalue weighted by Gasteiger charge is -2.35. The maximum atomic E-state index is 12.8. The van der Waals surface area contributed by atoms with Crippen LogP contribution in [0, 0.1) is 5.92 Å². The van der Waals surface area contributed by atoms with Crippen LogP contribution in [0.25, 0.3) is 0 Å². The second-order valence-electron chi connectivity index (χ2n) is 6.63. The molecule has 6 nitrogen and oxygen atoms in total. The predicted molar refractivity (Wildman–Crippen MR) is 92.5 cm³/mol. The standard InChI is InChI=1S/C18H21ClN2O4/c19-14-7-5-12(6-8-14)16(22)20-9-1-3-13(11-20)17(23)21-10-2-4-15(21)18(24)25/h5-8,13,15H,1-4,9-11H2,(H,24,25)/t13?,15-/m1/s1. The molecule has 2 aliphatic heterocycles. The van der Waals surface area contributed by atoms with Crippen molar-refractivity contribution in [1.82, 2.24) is 9.80 Å². The third-order valence-electron chi connectivity index (χ3n) is 4.97. The van der Waals surface area contributed by atoms with Gasteiger partial charge in [-0.1, -0.05) is 11.6 Å². The Kier molecular flexibility index (Phi) is 5.27. The van der Waals surface area contributed by atoms with Gasteiger partial charge in [0.25, 0.3) is 5.91 Å². The van der Waals surface area contributed by atoms with E-state index in [1.54, 1.807) is 29.2 Å². The van der Waals surface area contributed by atoms with Crippen LogP contribution in [-0.4, -0.2) is 58.4 Å². The van der Waals surface area contributed by atoms with Gasteiger partial charge in [0.15, 0.2) is 0 Å². The number of likely N-dealkylation sites (tertiary alicyclic amines) is 2. The van der Waals surface area contributed by atoms with Gasteiger partial charge >= 0.3 is 5.97 Å². The summed E-state index contributed by atoms with van der Waals surface area (Å²) < 4.78 is 0. The summed E-state index contributed by atoms with van der Waals surface area (Å²) in [6, 6.07) is 5.97. The molecular weight excluding hydrogens is 344 g/mol. The zero-order valence-corrected chi connectivity index (χ0v) is 14.6. The molecule has 2 aliphatic rings. The van der Waals surface area contributed by atoms with Crippen LogP contribution < -0.4 is 0 Å².